The zero-order chi connectivity index (χ0) is 16.3. The molecule has 4 heteroatoms. The van der Waals surface area contributed by atoms with Crippen molar-refractivity contribution in [1.82, 2.24) is 0 Å². The van der Waals surface area contributed by atoms with Crippen LogP contribution in [0.25, 0.3) is 0 Å². The van der Waals surface area contributed by atoms with E-state index in [-0.39, 0.29) is 0 Å². The molecule has 0 aliphatic heterocycles. The second-order valence-electron chi connectivity index (χ2n) is 6.02. The quantitative estimate of drug-likeness (QED) is 0.188. The highest BCUT2D eigenvalue weighted by molar-refractivity contribution is 7.39. The topological polar surface area (TPSA) is 49.7 Å². The summed E-state index contributed by atoms with van der Waals surface area (Å²) in [5, 5.41) is 0. The summed E-state index contributed by atoms with van der Waals surface area (Å²) in [7, 11) is -2.15. The molecule has 0 bridgehead atoms. The van der Waals surface area contributed by atoms with E-state index in [1.165, 1.54) is 77.0 Å². The molecule has 22 heavy (non-hydrogen) atoms. The molecule has 2 N–H and O–H groups in total. The lowest BCUT2D eigenvalue weighted by atomic mass is 10.1. The predicted octanol–water partition coefficient (Wildman–Crippen LogP) is 6.25. The third kappa shape index (κ3) is 20.1. The van der Waals surface area contributed by atoms with E-state index in [1.54, 1.807) is 0 Å². The number of hydrogen-bond donors (Lipinski definition) is 2. The predicted molar refractivity (Wildman–Crippen MR) is 96.8 cm³/mol. The minimum absolute atomic E-state index is 0.472. The van der Waals surface area contributed by atoms with Crippen molar-refractivity contribution in [3.05, 3.63) is 12.2 Å². The van der Waals surface area contributed by atoms with Gasteiger partial charge in [0, 0.05) is 0 Å². The first-order chi connectivity index (χ1) is 10.8. The minimum Gasteiger partial charge on any atom is -0.328 e. The molecule has 0 spiro atoms. The van der Waals surface area contributed by atoms with Crippen molar-refractivity contribution in [1.29, 1.82) is 0 Å². The van der Waals surface area contributed by atoms with Gasteiger partial charge in [0.25, 0.3) is 0 Å². The van der Waals surface area contributed by atoms with Gasteiger partial charge in [-0.05, 0) is 32.1 Å². The summed E-state index contributed by atoms with van der Waals surface area (Å²) in [6.45, 7) is 2.74. The molecule has 0 saturated heterocycles. The maximum absolute atomic E-state index is 8.57. The summed E-state index contributed by atoms with van der Waals surface area (Å²) in [5.41, 5.74) is 0. The number of hydrogen-bond acceptors (Lipinski definition) is 3. The van der Waals surface area contributed by atoms with Crippen molar-refractivity contribution in [3.63, 3.8) is 0 Å². The van der Waals surface area contributed by atoms with E-state index in [1.807, 2.05) is 0 Å². The Morgan fingerprint density at radius 1 is 0.682 bits per heavy atom. The Balaban J connectivity index is 3.05. The lowest BCUT2D eigenvalue weighted by Gasteiger charge is -2.03. The van der Waals surface area contributed by atoms with E-state index in [2.05, 4.69) is 19.1 Å². The van der Waals surface area contributed by atoms with Gasteiger partial charge in [-0.25, -0.2) is 0 Å². The molecule has 0 fully saturated rings. The SMILES string of the molecule is CCCCCCCCC=CCCCCCCCCOP(O)O. The van der Waals surface area contributed by atoms with Crippen LogP contribution in [0, 0.1) is 0 Å². The van der Waals surface area contributed by atoms with Crippen LogP contribution < -0.4 is 0 Å². The maximum Gasteiger partial charge on any atom is 0.327 e. The van der Waals surface area contributed by atoms with Gasteiger partial charge in [0.15, 0.2) is 0 Å². The molecule has 0 aliphatic rings. The van der Waals surface area contributed by atoms with E-state index in [4.69, 9.17) is 14.3 Å². The summed E-state index contributed by atoms with van der Waals surface area (Å²) in [5.74, 6) is 0. The Hall–Kier alpha value is 0.0500. The van der Waals surface area contributed by atoms with Gasteiger partial charge in [0.1, 0.15) is 0 Å². The van der Waals surface area contributed by atoms with E-state index in [0.717, 1.165) is 12.8 Å². The molecule has 0 rings (SSSR count). The molecule has 0 radical (unpaired) electrons. The molecule has 0 aromatic heterocycles. The second-order valence-corrected chi connectivity index (χ2v) is 6.79. The molecular formula is C18H37O3P. The van der Waals surface area contributed by atoms with E-state index in [9.17, 15) is 0 Å². The summed E-state index contributed by atoms with van der Waals surface area (Å²) in [4.78, 5) is 17.1. The molecule has 0 aromatic rings. The molecule has 0 aliphatic carbocycles. The van der Waals surface area contributed by atoms with Gasteiger partial charge in [0.2, 0.25) is 0 Å². The molecule has 3 nitrogen and oxygen atoms in total. The first kappa shape index (κ1) is 22.1. The highest BCUT2D eigenvalue weighted by Crippen LogP contribution is 2.24. The van der Waals surface area contributed by atoms with Crippen molar-refractivity contribution >= 4 is 8.60 Å². The Morgan fingerprint density at radius 3 is 1.64 bits per heavy atom. The normalized spacial score (nSPS) is 11.8. The van der Waals surface area contributed by atoms with Gasteiger partial charge in [0.05, 0.1) is 6.61 Å². The van der Waals surface area contributed by atoms with Crippen LogP contribution in [0.3, 0.4) is 0 Å². The number of rotatable bonds is 17. The van der Waals surface area contributed by atoms with Crippen LogP contribution in [-0.4, -0.2) is 16.4 Å². The smallest absolute Gasteiger partial charge is 0.327 e. The molecule has 0 heterocycles. The molecule has 0 saturated carbocycles. The Bertz CT molecular complexity index is 232. The van der Waals surface area contributed by atoms with Gasteiger partial charge < -0.3 is 14.3 Å². The average Bonchev–Trinajstić information content (AvgIpc) is 2.50. The fourth-order valence-corrected chi connectivity index (χ4v) is 2.79. The monoisotopic (exact) mass is 332 g/mol. The average molecular weight is 332 g/mol. The van der Waals surface area contributed by atoms with Crippen LogP contribution in [0.1, 0.15) is 96.8 Å². The fraction of sp³-hybridized carbons (Fsp3) is 0.889. The summed E-state index contributed by atoms with van der Waals surface area (Å²) < 4.78 is 4.73. The molecule has 132 valence electrons. The van der Waals surface area contributed by atoms with Crippen molar-refractivity contribution in [2.24, 2.45) is 0 Å². The molecule has 0 unspecified atom stereocenters. The molecule has 0 atom stereocenters. The lowest BCUT2D eigenvalue weighted by molar-refractivity contribution is 0.248. The van der Waals surface area contributed by atoms with E-state index in [0.29, 0.717) is 6.61 Å². The largest absolute Gasteiger partial charge is 0.328 e. The Labute approximate surface area is 139 Å². The highest BCUT2D eigenvalue weighted by atomic mass is 31.2. The molecule has 0 amide bonds. The van der Waals surface area contributed by atoms with Crippen molar-refractivity contribution in [2.75, 3.05) is 6.61 Å². The van der Waals surface area contributed by atoms with Crippen LogP contribution in [0.5, 0.6) is 0 Å². The standard InChI is InChI=1S/C18H37O3P/c1-2-3-4-5-6-7-8-9-10-11-12-13-14-15-16-17-18-21-22(19)20/h9-10,19-20H,2-8,11-18H2,1H3. The minimum atomic E-state index is -2.15. The maximum atomic E-state index is 8.57. The zero-order valence-electron chi connectivity index (χ0n) is 14.5. The summed E-state index contributed by atoms with van der Waals surface area (Å²) >= 11 is 0. The summed E-state index contributed by atoms with van der Waals surface area (Å²) in [6.07, 6.45) is 22.6. The number of unbranched alkanes of at least 4 members (excludes halogenated alkanes) is 12. The van der Waals surface area contributed by atoms with Crippen LogP contribution in [0.15, 0.2) is 12.2 Å². The van der Waals surface area contributed by atoms with Crippen molar-refractivity contribution in [2.45, 2.75) is 96.8 Å². The van der Waals surface area contributed by atoms with E-state index < -0.39 is 8.60 Å². The fourth-order valence-electron chi connectivity index (χ4n) is 2.50. The molecular weight excluding hydrogens is 295 g/mol. The van der Waals surface area contributed by atoms with Crippen molar-refractivity contribution in [3.8, 4) is 0 Å². The highest BCUT2D eigenvalue weighted by Gasteiger charge is 1.97. The van der Waals surface area contributed by atoms with Gasteiger partial charge in [-0.1, -0.05) is 76.9 Å². The first-order valence-corrected chi connectivity index (χ1v) is 10.4. The van der Waals surface area contributed by atoms with Gasteiger partial charge in [-0.2, -0.15) is 0 Å². The molecule has 0 aromatic carbocycles. The van der Waals surface area contributed by atoms with Crippen LogP contribution in [0.2, 0.25) is 0 Å². The van der Waals surface area contributed by atoms with Crippen molar-refractivity contribution < 1.29 is 14.3 Å². The van der Waals surface area contributed by atoms with Gasteiger partial charge in [-0.15, -0.1) is 0 Å². The Morgan fingerprint density at radius 2 is 1.14 bits per heavy atom. The Kier molecular flexibility index (Phi) is 19.1. The third-order valence-corrected chi connectivity index (χ3v) is 4.28. The zero-order valence-corrected chi connectivity index (χ0v) is 15.4. The van der Waals surface area contributed by atoms with Crippen LogP contribution in [0.4, 0.5) is 0 Å². The number of allylic oxidation sites excluding steroid dienone is 2. The second kappa shape index (κ2) is 19.1. The van der Waals surface area contributed by atoms with Crippen LogP contribution >= 0.6 is 8.60 Å². The van der Waals surface area contributed by atoms with Gasteiger partial charge >= 0.3 is 8.60 Å². The van der Waals surface area contributed by atoms with E-state index >= 15 is 0 Å². The first-order valence-electron chi connectivity index (χ1n) is 9.23. The third-order valence-electron chi connectivity index (χ3n) is 3.86. The lowest BCUT2D eigenvalue weighted by Crippen LogP contribution is -1.89. The van der Waals surface area contributed by atoms with Gasteiger partial charge in [-0.3, -0.25) is 0 Å². The van der Waals surface area contributed by atoms with Crippen LogP contribution in [-0.2, 0) is 4.52 Å². The summed E-state index contributed by atoms with van der Waals surface area (Å²) in [6, 6.07) is 0.